The maximum atomic E-state index is 11.6. The molecule has 0 heterocycles. The first-order valence-electron chi connectivity index (χ1n) is 4.44. The summed E-state index contributed by atoms with van der Waals surface area (Å²) in [4.78, 5) is 11.6. The van der Waals surface area contributed by atoms with Crippen LogP contribution in [0, 0.1) is 11.8 Å². The molecule has 0 aromatic heterocycles. The minimum atomic E-state index is 0.336. The van der Waals surface area contributed by atoms with Gasteiger partial charge >= 0.3 is 0 Å². The Hall–Kier alpha value is -1.11. The number of rotatable bonds is 0. The van der Waals surface area contributed by atoms with Crippen LogP contribution in [-0.2, 0) is 0 Å². The number of Topliss-reactive ketones (excluding diaryl/α,β-unsaturated/α-hetero) is 1. The average molecular weight is 158 g/mol. The van der Waals surface area contributed by atoms with Crippen LogP contribution in [0.2, 0.25) is 0 Å². The van der Waals surface area contributed by atoms with Crippen molar-refractivity contribution in [3.8, 4) is 0 Å². The van der Waals surface area contributed by atoms with E-state index in [2.05, 4.69) is 13.0 Å². The van der Waals surface area contributed by atoms with Gasteiger partial charge in [0.1, 0.15) is 0 Å². The zero-order valence-corrected chi connectivity index (χ0v) is 6.95. The number of hydrogen-bond acceptors (Lipinski definition) is 1. The Morgan fingerprint density at radius 2 is 1.92 bits per heavy atom. The monoisotopic (exact) mass is 158 g/mol. The summed E-state index contributed by atoms with van der Waals surface area (Å²) in [6.07, 6.45) is 0. The van der Waals surface area contributed by atoms with Gasteiger partial charge < -0.3 is 0 Å². The van der Waals surface area contributed by atoms with Crippen molar-refractivity contribution in [2.75, 3.05) is 0 Å². The van der Waals surface area contributed by atoms with E-state index < -0.39 is 0 Å². The molecular weight excluding hydrogens is 148 g/mol. The van der Waals surface area contributed by atoms with Gasteiger partial charge in [-0.05, 0) is 17.4 Å². The molecule has 60 valence electrons. The summed E-state index contributed by atoms with van der Waals surface area (Å²) in [6.45, 7) is 2.17. The summed E-state index contributed by atoms with van der Waals surface area (Å²) in [6, 6.07) is 8.03. The third-order valence-electron chi connectivity index (χ3n) is 3.27. The molecule has 3 atom stereocenters. The van der Waals surface area contributed by atoms with Gasteiger partial charge in [0, 0.05) is 11.5 Å². The zero-order valence-electron chi connectivity index (χ0n) is 6.95. The van der Waals surface area contributed by atoms with Gasteiger partial charge in [0.25, 0.3) is 0 Å². The summed E-state index contributed by atoms with van der Waals surface area (Å²) in [5.41, 5.74) is 2.27. The van der Waals surface area contributed by atoms with Crippen LogP contribution < -0.4 is 0 Å². The predicted octanol–water partition coefficient (Wildman–Crippen LogP) is 2.23. The standard InChI is InChI=1S/C11H10O/c1-6-9-7-4-2-3-5-8(7)11(12)10(6)9/h2-6,9-10H,1H3. The Kier molecular flexibility index (Phi) is 0.957. The van der Waals surface area contributed by atoms with Crippen LogP contribution in [0.3, 0.4) is 0 Å². The summed E-state index contributed by atoms with van der Waals surface area (Å²) in [5.74, 6) is 1.88. The lowest BCUT2D eigenvalue weighted by molar-refractivity contribution is 0.0968. The number of ketones is 1. The van der Waals surface area contributed by atoms with E-state index in [1.165, 1.54) is 5.56 Å². The van der Waals surface area contributed by atoms with E-state index in [4.69, 9.17) is 0 Å². The zero-order chi connectivity index (χ0) is 8.29. The molecule has 0 N–H and O–H groups in total. The van der Waals surface area contributed by atoms with E-state index in [1.54, 1.807) is 0 Å². The number of carbonyl (C=O) groups is 1. The smallest absolute Gasteiger partial charge is 0.167 e. The molecule has 2 aliphatic rings. The highest BCUT2D eigenvalue weighted by atomic mass is 16.1. The highest BCUT2D eigenvalue weighted by Crippen LogP contribution is 2.60. The van der Waals surface area contributed by atoms with Gasteiger partial charge in [0.05, 0.1) is 0 Å². The Morgan fingerprint density at radius 1 is 1.17 bits per heavy atom. The van der Waals surface area contributed by atoms with Crippen LogP contribution in [0.4, 0.5) is 0 Å². The molecule has 12 heavy (non-hydrogen) atoms. The molecule has 3 unspecified atom stereocenters. The normalized spacial score (nSPS) is 36.1. The molecule has 1 heteroatoms. The third-order valence-corrected chi connectivity index (χ3v) is 3.27. The second-order valence-corrected chi connectivity index (χ2v) is 3.86. The minimum absolute atomic E-state index is 0.336. The lowest BCUT2D eigenvalue weighted by Gasteiger charge is -2.01. The molecular formula is C11H10O. The fourth-order valence-corrected chi connectivity index (χ4v) is 2.53. The molecule has 0 amide bonds. The molecule has 1 aromatic carbocycles. The Balaban J connectivity index is 2.22. The van der Waals surface area contributed by atoms with E-state index in [0.717, 1.165) is 5.56 Å². The summed E-state index contributed by atoms with van der Waals surface area (Å²) in [5, 5.41) is 0. The highest BCUT2D eigenvalue weighted by Gasteiger charge is 2.58. The van der Waals surface area contributed by atoms with E-state index >= 15 is 0 Å². The molecule has 2 aliphatic carbocycles. The van der Waals surface area contributed by atoms with Crippen molar-refractivity contribution in [3.63, 3.8) is 0 Å². The van der Waals surface area contributed by atoms with Crippen molar-refractivity contribution < 1.29 is 4.79 Å². The molecule has 0 spiro atoms. The minimum Gasteiger partial charge on any atom is -0.294 e. The summed E-state index contributed by atoms with van der Waals surface area (Å²) < 4.78 is 0. The molecule has 1 aromatic rings. The van der Waals surface area contributed by atoms with Gasteiger partial charge in [-0.2, -0.15) is 0 Å². The number of hydrogen-bond donors (Lipinski definition) is 0. The number of carbonyl (C=O) groups excluding carboxylic acids is 1. The third kappa shape index (κ3) is 0.544. The first-order valence-corrected chi connectivity index (χ1v) is 4.44. The van der Waals surface area contributed by atoms with Crippen LogP contribution in [0.5, 0.6) is 0 Å². The number of fused-ring (bicyclic) bond motifs is 3. The van der Waals surface area contributed by atoms with Gasteiger partial charge in [-0.3, -0.25) is 4.79 Å². The van der Waals surface area contributed by atoms with Crippen LogP contribution in [0.1, 0.15) is 28.8 Å². The average Bonchev–Trinajstić information content (AvgIpc) is 2.65. The van der Waals surface area contributed by atoms with E-state index in [-0.39, 0.29) is 0 Å². The van der Waals surface area contributed by atoms with Gasteiger partial charge in [0.15, 0.2) is 5.78 Å². The van der Waals surface area contributed by atoms with Crippen LogP contribution in [-0.4, -0.2) is 5.78 Å². The van der Waals surface area contributed by atoms with Crippen LogP contribution in [0.15, 0.2) is 24.3 Å². The largest absolute Gasteiger partial charge is 0.294 e. The maximum Gasteiger partial charge on any atom is 0.167 e. The second kappa shape index (κ2) is 1.79. The molecule has 1 fully saturated rings. The van der Waals surface area contributed by atoms with Crippen LogP contribution >= 0.6 is 0 Å². The van der Waals surface area contributed by atoms with Crippen molar-refractivity contribution >= 4 is 5.78 Å². The van der Waals surface area contributed by atoms with Crippen molar-refractivity contribution in [2.45, 2.75) is 12.8 Å². The van der Waals surface area contributed by atoms with E-state index in [9.17, 15) is 4.79 Å². The molecule has 1 saturated carbocycles. The lowest BCUT2D eigenvalue weighted by atomic mass is 10.0. The SMILES string of the molecule is CC1C2C(=O)c3ccccc3C12. The van der Waals surface area contributed by atoms with E-state index in [1.807, 2.05) is 18.2 Å². The van der Waals surface area contributed by atoms with Crippen LogP contribution in [0.25, 0.3) is 0 Å². The molecule has 0 saturated heterocycles. The first-order chi connectivity index (χ1) is 5.80. The molecule has 0 radical (unpaired) electrons. The summed E-state index contributed by atoms with van der Waals surface area (Å²) >= 11 is 0. The first kappa shape index (κ1) is 6.41. The predicted molar refractivity (Wildman–Crippen MR) is 46.2 cm³/mol. The molecule has 3 rings (SSSR count). The van der Waals surface area contributed by atoms with Gasteiger partial charge in [0.2, 0.25) is 0 Å². The maximum absolute atomic E-state index is 11.6. The van der Waals surface area contributed by atoms with Crippen molar-refractivity contribution in [1.82, 2.24) is 0 Å². The van der Waals surface area contributed by atoms with E-state index in [0.29, 0.717) is 23.5 Å². The van der Waals surface area contributed by atoms with Crippen molar-refractivity contribution in [3.05, 3.63) is 35.4 Å². The number of benzene rings is 1. The topological polar surface area (TPSA) is 17.1 Å². The fraction of sp³-hybridized carbons (Fsp3) is 0.364. The fourth-order valence-electron chi connectivity index (χ4n) is 2.53. The molecule has 0 bridgehead atoms. The Bertz CT molecular complexity index is 367. The Labute approximate surface area is 71.4 Å². The molecule has 0 aliphatic heterocycles. The highest BCUT2D eigenvalue weighted by molar-refractivity contribution is 6.06. The van der Waals surface area contributed by atoms with Crippen molar-refractivity contribution in [2.24, 2.45) is 11.8 Å². The second-order valence-electron chi connectivity index (χ2n) is 3.86. The van der Waals surface area contributed by atoms with Gasteiger partial charge in [-0.25, -0.2) is 0 Å². The van der Waals surface area contributed by atoms with Gasteiger partial charge in [-0.1, -0.05) is 31.2 Å². The lowest BCUT2D eigenvalue weighted by Crippen LogP contribution is -2.00. The van der Waals surface area contributed by atoms with Gasteiger partial charge in [-0.15, -0.1) is 0 Å². The Morgan fingerprint density at radius 3 is 2.75 bits per heavy atom. The summed E-state index contributed by atoms with van der Waals surface area (Å²) in [7, 11) is 0. The quantitative estimate of drug-likeness (QED) is 0.566. The van der Waals surface area contributed by atoms with Crippen molar-refractivity contribution in [1.29, 1.82) is 0 Å². The molecule has 1 nitrogen and oxygen atoms in total.